The van der Waals surface area contributed by atoms with Crippen LogP contribution >= 0.6 is 0 Å². The van der Waals surface area contributed by atoms with Crippen LogP contribution in [-0.2, 0) is 6.42 Å². The summed E-state index contributed by atoms with van der Waals surface area (Å²) in [4.78, 5) is 13.7. The molecule has 0 aliphatic carbocycles. The molecule has 0 radical (unpaired) electrons. The van der Waals surface area contributed by atoms with Crippen LogP contribution in [0.2, 0.25) is 0 Å². The van der Waals surface area contributed by atoms with Crippen LogP contribution < -0.4 is 15.0 Å². The monoisotopic (exact) mass is 577 g/mol. The third kappa shape index (κ3) is 4.43. The maximum absolute atomic E-state index is 16.8. The Morgan fingerprint density at radius 2 is 1.81 bits per heavy atom. The minimum atomic E-state index is -0.891. The summed E-state index contributed by atoms with van der Waals surface area (Å²) in [5.74, 6) is -1.89. The summed E-state index contributed by atoms with van der Waals surface area (Å²) < 4.78 is 53.9. The highest BCUT2D eigenvalue weighted by molar-refractivity contribution is 6.03. The van der Waals surface area contributed by atoms with E-state index in [9.17, 15) is 9.50 Å². The van der Waals surface area contributed by atoms with E-state index in [1.54, 1.807) is 6.92 Å². The van der Waals surface area contributed by atoms with Crippen molar-refractivity contribution in [3.63, 3.8) is 0 Å². The number of ether oxygens (including phenoxy) is 1. The molecule has 42 heavy (non-hydrogen) atoms. The lowest BCUT2D eigenvalue weighted by molar-refractivity contribution is 0.188. The number of phenols is 1. The van der Waals surface area contributed by atoms with Crippen molar-refractivity contribution in [3.8, 4) is 22.9 Å². The molecule has 3 aliphatic rings. The van der Waals surface area contributed by atoms with E-state index in [2.05, 4.69) is 20.1 Å². The van der Waals surface area contributed by atoms with Crippen LogP contribution in [0.4, 0.5) is 19.0 Å². The molecule has 3 fully saturated rings. The molecule has 3 atom stereocenters. The number of phenolic OH excluding ortho intramolecular Hbond substituents is 1. The summed E-state index contributed by atoms with van der Waals surface area (Å²) in [7, 11) is 2.05. The normalized spacial score (nSPS) is 22.5. The lowest BCUT2D eigenvalue weighted by atomic mass is 9.91. The van der Waals surface area contributed by atoms with Gasteiger partial charge in [-0.2, -0.15) is 9.97 Å². The Labute approximate surface area is 242 Å². The number of aryl methyl sites for hydroxylation is 1. The number of anilines is 1. The molecule has 7 nitrogen and oxygen atoms in total. The second-order valence-electron chi connectivity index (χ2n) is 11.8. The zero-order chi connectivity index (χ0) is 29.1. The third-order valence-electron chi connectivity index (χ3n) is 9.32. The van der Waals surface area contributed by atoms with E-state index in [1.165, 1.54) is 30.3 Å². The first-order chi connectivity index (χ1) is 20.3. The number of aromatic hydroxyl groups is 1. The van der Waals surface area contributed by atoms with E-state index in [0.717, 1.165) is 45.3 Å². The Morgan fingerprint density at radius 3 is 2.52 bits per heavy atom. The molecular formula is C32H34F3N5O2. The average Bonchev–Trinajstić information content (AvgIpc) is 3.49. The molecule has 2 unspecified atom stereocenters. The Hall–Kier alpha value is -3.63. The molecule has 2 bridgehead atoms. The van der Waals surface area contributed by atoms with Gasteiger partial charge in [-0.1, -0.05) is 13.0 Å². The molecule has 4 aromatic rings. The lowest BCUT2D eigenvalue weighted by Gasteiger charge is -2.37. The number of piperazine rings is 1. The Kier molecular flexibility index (Phi) is 6.85. The number of likely N-dealkylation sites (tertiary alicyclic amines) is 1. The van der Waals surface area contributed by atoms with Crippen molar-refractivity contribution in [1.82, 2.24) is 20.2 Å². The second-order valence-corrected chi connectivity index (χ2v) is 11.8. The van der Waals surface area contributed by atoms with Gasteiger partial charge in [0.25, 0.3) is 0 Å². The second kappa shape index (κ2) is 10.6. The lowest BCUT2D eigenvalue weighted by Crippen LogP contribution is -2.52. The summed E-state index contributed by atoms with van der Waals surface area (Å²) >= 11 is 0. The Bertz CT molecular complexity index is 1680. The topological polar surface area (TPSA) is 73.8 Å². The minimum absolute atomic E-state index is 0.0493. The first kappa shape index (κ1) is 27.2. The number of nitrogens with zero attached hydrogens (tertiary/aromatic N) is 4. The molecule has 0 amide bonds. The summed E-state index contributed by atoms with van der Waals surface area (Å²) in [6, 6.07) is 7.41. The van der Waals surface area contributed by atoms with Gasteiger partial charge in [-0.05, 0) is 91.9 Å². The van der Waals surface area contributed by atoms with Crippen molar-refractivity contribution in [2.24, 2.45) is 0 Å². The molecule has 3 saturated heterocycles. The predicted octanol–water partition coefficient (Wildman–Crippen LogP) is 5.55. The molecular weight excluding hydrogens is 543 g/mol. The SMILES string of the molecule is CCc1c(F)ccc2cc(O)cc(-c3c(F)cc4c(N5C6CCC5CNC6)nc(OC[C@@H]5CCCN5C)nc4c3F)c12. The molecule has 10 heteroatoms. The number of aromatic nitrogens is 2. The van der Waals surface area contributed by atoms with Gasteiger partial charge >= 0.3 is 6.01 Å². The number of benzene rings is 3. The number of hydrogen-bond donors (Lipinski definition) is 2. The smallest absolute Gasteiger partial charge is 0.319 e. The van der Waals surface area contributed by atoms with E-state index in [0.29, 0.717) is 35.2 Å². The van der Waals surface area contributed by atoms with Gasteiger partial charge in [0, 0.05) is 36.6 Å². The van der Waals surface area contributed by atoms with Crippen LogP contribution in [0.15, 0.2) is 30.3 Å². The van der Waals surface area contributed by atoms with Crippen molar-refractivity contribution in [3.05, 3.63) is 53.3 Å². The van der Waals surface area contributed by atoms with Gasteiger partial charge in [0.05, 0.1) is 5.56 Å². The fourth-order valence-corrected chi connectivity index (χ4v) is 7.20. The molecule has 3 aromatic carbocycles. The largest absolute Gasteiger partial charge is 0.508 e. The van der Waals surface area contributed by atoms with Gasteiger partial charge in [-0.25, -0.2) is 13.2 Å². The first-order valence-corrected chi connectivity index (χ1v) is 14.8. The number of likely N-dealkylation sites (N-methyl/N-ethyl adjacent to an activating group) is 1. The van der Waals surface area contributed by atoms with E-state index < -0.39 is 17.5 Å². The predicted molar refractivity (Wildman–Crippen MR) is 157 cm³/mol. The summed E-state index contributed by atoms with van der Waals surface area (Å²) in [6.07, 6.45) is 4.28. The van der Waals surface area contributed by atoms with E-state index in [1.807, 2.05) is 7.05 Å². The van der Waals surface area contributed by atoms with Crippen LogP contribution in [-0.4, -0.2) is 71.4 Å². The minimum Gasteiger partial charge on any atom is -0.508 e. The van der Waals surface area contributed by atoms with Crippen LogP contribution in [0.25, 0.3) is 32.8 Å². The highest BCUT2D eigenvalue weighted by Crippen LogP contribution is 2.43. The zero-order valence-electron chi connectivity index (χ0n) is 23.8. The average molecular weight is 578 g/mol. The van der Waals surface area contributed by atoms with Crippen molar-refractivity contribution in [2.75, 3.05) is 38.2 Å². The van der Waals surface area contributed by atoms with Crippen LogP contribution in [0, 0.1) is 17.5 Å². The van der Waals surface area contributed by atoms with Crippen LogP contribution in [0.1, 0.15) is 38.2 Å². The van der Waals surface area contributed by atoms with Crippen molar-refractivity contribution in [1.29, 1.82) is 0 Å². The molecule has 220 valence electrons. The van der Waals surface area contributed by atoms with Gasteiger partial charge in [0.1, 0.15) is 35.3 Å². The maximum Gasteiger partial charge on any atom is 0.319 e. The summed E-state index contributed by atoms with van der Waals surface area (Å²) in [5.41, 5.74) is -0.0178. The molecule has 4 heterocycles. The fourth-order valence-electron chi connectivity index (χ4n) is 7.20. The van der Waals surface area contributed by atoms with E-state index >= 15 is 8.78 Å². The van der Waals surface area contributed by atoms with E-state index in [-0.39, 0.29) is 51.9 Å². The number of fused-ring (bicyclic) bond motifs is 4. The van der Waals surface area contributed by atoms with Crippen LogP contribution in [0.3, 0.4) is 0 Å². The maximum atomic E-state index is 16.8. The van der Waals surface area contributed by atoms with Gasteiger partial charge < -0.3 is 25.0 Å². The quantitative estimate of drug-likeness (QED) is 0.311. The summed E-state index contributed by atoms with van der Waals surface area (Å²) in [6.45, 7) is 4.65. The number of rotatable bonds is 6. The number of hydrogen-bond acceptors (Lipinski definition) is 7. The van der Waals surface area contributed by atoms with Crippen LogP contribution in [0.5, 0.6) is 11.8 Å². The number of halogens is 3. The molecule has 0 saturated carbocycles. The van der Waals surface area contributed by atoms with E-state index in [4.69, 9.17) is 9.72 Å². The molecule has 7 rings (SSSR count). The molecule has 0 spiro atoms. The van der Waals surface area contributed by atoms with Gasteiger partial charge in [0.15, 0.2) is 5.82 Å². The highest BCUT2D eigenvalue weighted by Gasteiger charge is 2.39. The van der Waals surface area contributed by atoms with Crippen molar-refractivity contribution in [2.45, 2.75) is 57.2 Å². The standard InChI is InChI=1S/C32H34F3N5O2/c1-3-22-25(33)9-6-17-11-21(41)12-23(27(17)22)28-26(34)13-24-30(29(28)35)37-32(42-16-20-5-4-10-39(20)2)38-31(24)40-18-7-8-19(40)15-36-14-18/h6,9,11-13,18-20,36,41H,3-5,7-8,10,14-16H2,1-2H3/t18?,19?,20-/m0/s1. The van der Waals surface area contributed by atoms with Gasteiger partial charge in [-0.15, -0.1) is 0 Å². The first-order valence-electron chi connectivity index (χ1n) is 14.8. The van der Waals surface area contributed by atoms with Gasteiger partial charge in [-0.3, -0.25) is 0 Å². The highest BCUT2D eigenvalue weighted by atomic mass is 19.1. The van der Waals surface area contributed by atoms with Gasteiger partial charge in [0.2, 0.25) is 0 Å². The third-order valence-corrected chi connectivity index (χ3v) is 9.32. The molecule has 1 aromatic heterocycles. The zero-order valence-corrected chi connectivity index (χ0v) is 23.8. The van der Waals surface area contributed by atoms with Crippen molar-refractivity contribution < 1.29 is 23.0 Å². The fraction of sp³-hybridized carbons (Fsp3) is 0.438. The Balaban J connectivity index is 1.44. The molecule has 2 N–H and O–H groups in total. The van der Waals surface area contributed by atoms with Crippen molar-refractivity contribution >= 4 is 27.5 Å². The summed E-state index contributed by atoms with van der Waals surface area (Å²) in [5, 5.41) is 15.1. The Morgan fingerprint density at radius 1 is 1.02 bits per heavy atom. The number of nitrogens with one attached hydrogen (secondary N) is 1. The molecule has 3 aliphatic heterocycles.